The summed E-state index contributed by atoms with van der Waals surface area (Å²) in [5.41, 5.74) is 0.331. The van der Waals surface area contributed by atoms with Crippen LogP contribution >= 0.6 is 11.6 Å². The number of nitrogens with zero attached hydrogens (tertiary/aromatic N) is 3. The summed E-state index contributed by atoms with van der Waals surface area (Å²) in [6.07, 6.45) is 4.20. The van der Waals surface area contributed by atoms with Crippen molar-refractivity contribution in [3.8, 4) is 0 Å². The Morgan fingerprint density at radius 1 is 1.15 bits per heavy atom. The Hall–Kier alpha value is -3.04. The second-order valence-corrected chi connectivity index (χ2v) is 10.3. The number of carbonyl (C=O) groups excluding carboxylic acids is 1. The average Bonchev–Trinajstić information content (AvgIpc) is 2.82. The lowest BCUT2D eigenvalue weighted by atomic mass is 10.0. The number of sulfonamides is 1. The van der Waals surface area contributed by atoms with Crippen LogP contribution in [0, 0.1) is 11.6 Å². The summed E-state index contributed by atoms with van der Waals surface area (Å²) in [4.78, 5) is 18.4. The summed E-state index contributed by atoms with van der Waals surface area (Å²) in [6, 6.07) is 10.9. The molecule has 1 saturated heterocycles. The van der Waals surface area contributed by atoms with Crippen LogP contribution in [0.4, 0.5) is 14.5 Å². The monoisotopic (exact) mass is 505 g/mol. The smallest absolute Gasteiger partial charge is 0.264 e. The van der Waals surface area contributed by atoms with Gasteiger partial charge >= 0.3 is 0 Å². The molecule has 0 N–H and O–H groups in total. The van der Waals surface area contributed by atoms with Gasteiger partial charge < -0.3 is 4.90 Å². The molecule has 1 aliphatic heterocycles. The zero-order valence-corrected chi connectivity index (χ0v) is 19.6. The number of hydrogen-bond donors (Lipinski definition) is 0. The highest BCUT2D eigenvalue weighted by Crippen LogP contribution is 2.33. The van der Waals surface area contributed by atoms with Gasteiger partial charge in [-0.2, -0.15) is 0 Å². The minimum absolute atomic E-state index is 0.0435. The lowest BCUT2D eigenvalue weighted by molar-refractivity contribution is -0.131. The molecule has 4 rings (SSSR count). The average molecular weight is 506 g/mol. The first kappa shape index (κ1) is 24.1. The van der Waals surface area contributed by atoms with Gasteiger partial charge in [-0.15, -0.1) is 0 Å². The molecule has 34 heavy (non-hydrogen) atoms. The first-order chi connectivity index (χ1) is 16.3. The minimum atomic E-state index is -4.30. The molecule has 1 unspecified atom stereocenters. The number of carbonyl (C=O) groups is 1. The molecule has 1 atom stereocenters. The lowest BCUT2D eigenvalue weighted by Gasteiger charge is -2.40. The fourth-order valence-corrected chi connectivity index (χ4v) is 5.86. The van der Waals surface area contributed by atoms with E-state index in [4.69, 9.17) is 11.6 Å². The van der Waals surface area contributed by atoms with Gasteiger partial charge in [0.05, 0.1) is 23.0 Å². The van der Waals surface area contributed by atoms with Crippen molar-refractivity contribution in [2.75, 3.05) is 17.4 Å². The Kier molecular flexibility index (Phi) is 7.13. The van der Waals surface area contributed by atoms with Crippen LogP contribution in [-0.2, 0) is 21.2 Å². The molecule has 0 saturated carbocycles. The van der Waals surface area contributed by atoms with Crippen molar-refractivity contribution in [2.24, 2.45) is 0 Å². The third-order valence-corrected chi connectivity index (χ3v) is 7.81. The number of hydrogen-bond acceptors (Lipinski definition) is 4. The zero-order chi connectivity index (χ0) is 24.3. The standard InChI is InChI=1S/C24H22ClF2N3O3S/c25-18-5-8-21(9-6-18)34(32,33)30(23-14-19(26)7-10-22(23)27)20-4-2-12-29(16-20)24(31)13-17-3-1-11-28-15-17/h1,3,5-11,14-15,20H,2,4,12-13,16H2. The highest BCUT2D eigenvalue weighted by atomic mass is 35.5. The van der Waals surface area contributed by atoms with E-state index in [1.54, 1.807) is 29.4 Å². The third-order valence-electron chi connectivity index (χ3n) is 5.68. The molecule has 6 nitrogen and oxygen atoms in total. The van der Waals surface area contributed by atoms with Crippen molar-refractivity contribution >= 4 is 33.2 Å². The second kappa shape index (κ2) is 10.1. The minimum Gasteiger partial charge on any atom is -0.340 e. The van der Waals surface area contributed by atoms with E-state index >= 15 is 0 Å². The number of rotatable bonds is 6. The number of anilines is 1. The number of aromatic nitrogens is 1. The van der Waals surface area contributed by atoms with Crippen molar-refractivity contribution in [3.63, 3.8) is 0 Å². The first-order valence-corrected chi connectivity index (χ1v) is 12.5. The van der Waals surface area contributed by atoms with Gasteiger partial charge in [-0.1, -0.05) is 17.7 Å². The molecule has 1 aliphatic rings. The lowest BCUT2D eigenvalue weighted by Crippen LogP contribution is -2.52. The summed E-state index contributed by atoms with van der Waals surface area (Å²) in [5, 5.41) is 0.340. The molecule has 2 heterocycles. The van der Waals surface area contributed by atoms with Crippen LogP contribution in [-0.4, -0.2) is 43.3 Å². The van der Waals surface area contributed by atoms with Crippen molar-refractivity contribution < 1.29 is 22.0 Å². The summed E-state index contributed by atoms with van der Waals surface area (Å²) in [6.45, 7) is 0.484. The van der Waals surface area contributed by atoms with Gasteiger partial charge in [0.1, 0.15) is 11.6 Å². The van der Waals surface area contributed by atoms with Crippen LogP contribution in [0.5, 0.6) is 0 Å². The molecule has 10 heteroatoms. The molecule has 1 amide bonds. The van der Waals surface area contributed by atoms with E-state index in [1.807, 2.05) is 0 Å². The molecule has 0 spiro atoms. The largest absolute Gasteiger partial charge is 0.340 e. The SMILES string of the molecule is O=C(Cc1cccnc1)N1CCCC(N(c2cc(F)ccc2F)S(=O)(=O)c2ccc(Cl)cc2)C1. The quantitative estimate of drug-likeness (QED) is 0.496. The fourth-order valence-electron chi connectivity index (χ4n) is 4.06. The summed E-state index contributed by atoms with van der Waals surface area (Å²) < 4.78 is 57.1. The number of amides is 1. The van der Waals surface area contributed by atoms with Gasteiger partial charge in [0, 0.05) is 36.6 Å². The first-order valence-electron chi connectivity index (χ1n) is 10.7. The molecule has 178 valence electrons. The highest BCUT2D eigenvalue weighted by molar-refractivity contribution is 7.92. The topological polar surface area (TPSA) is 70.6 Å². The van der Waals surface area contributed by atoms with E-state index in [1.165, 1.54) is 24.3 Å². The maximum atomic E-state index is 14.8. The van der Waals surface area contributed by atoms with E-state index in [0.29, 0.717) is 24.4 Å². The Bertz CT molecular complexity index is 1270. The zero-order valence-electron chi connectivity index (χ0n) is 18.1. The molecule has 0 bridgehead atoms. The van der Waals surface area contributed by atoms with E-state index in [2.05, 4.69) is 4.98 Å². The van der Waals surface area contributed by atoms with Crippen molar-refractivity contribution in [1.29, 1.82) is 0 Å². The number of benzene rings is 2. The summed E-state index contributed by atoms with van der Waals surface area (Å²) in [7, 11) is -4.30. The van der Waals surface area contributed by atoms with Crippen LogP contribution in [0.25, 0.3) is 0 Å². The Balaban J connectivity index is 1.69. The van der Waals surface area contributed by atoms with E-state index in [9.17, 15) is 22.0 Å². The van der Waals surface area contributed by atoms with Crippen LogP contribution in [0.2, 0.25) is 5.02 Å². The van der Waals surface area contributed by atoms with E-state index < -0.39 is 33.4 Å². The Morgan fingerprint density at radius 3 is 2.62 bits per heavy atom. The highest BCUT2D eigenvalue weighted by Gasteiger charge is 2.37. The van der Waals surface area contributed by atoms with Crippen LogP contribution < -0.4 is 4.31 Å². The number of pyridine rings is 1. The number of halogens is 3. The molecule has 3 aromatic rings. The van der Waals surface area contributed by atoms with Crippen LogP contribution in [0.1, 0.15) is 18.4 Å². The predicted molar refractivity (Wildman–Crippen MR) is 125 cm³/mol. The van der Waals surface area contributed by atoms with E-state index in [0.717, 1.165) is 28.1 Å². The van der Waals surface area contributed by atoms with Gasteiger partial charge in [0.2, 0.25) is 5.91 Å². The second-order valence-electron chi connectivity index (χ2n) is 8.02. The molecular formula is C24H22ClF2N3O3S. The van der Waals surface area contributed by atoms with Crippen molar-refractivity contribution in [2.45, 2.75) is 30.2 Å². The fraction of sp³-hybridized carbons (Fsp3) is 0.250. The maximum absolute atomic E-state index is 14.8. The normalized spacial score (nSPS) is 16.3. The predicted octanol–water partition coefficient (Wildman–Crippen LogP) is 4.44. The third kappa shape index (κ3) is 5.20. The van der Waals surface area contributed by atoms with E-state index in [-0.39, 0.29) is 23.8 Å². The maximum Gasteiger partial charge on any atom is 0.264 e. The van der Waals surface area contributed by atoms with Gasteiger partial charge in [-0.25, -0.2) is 17.2 Å². The van der Waals surface area contributed by atoms with Gasteiger partial charge in [0.15, 0.2) is 0 Å². The molecule has 1 fully saturated rings. The number of piperidine rings is 1. The summed E-state index contributed by atoms with van der Waals surface area (Å²) >= 11 is 5.91. The molecule has 0 radical (unpaired) electrons. The van der Waals surface area contributed by atoms with Crippen LogP contribution in [0.3, 0.4) is 0 Å². The van der Waals surface area contributed by atoms with Crippen molar-refractivity contribution in [1.82, 2.24) is 9.88 Å². The Morgan fingerprint density at radius 2 is 1.91 bits per heavy atom. The molecular weight excluding hydrogens is 484 g/mol. The van der Waals surface area contributed by atoms with Crippen LogP contribution in [0.15, 0.2) is 71.9 Å². The van der Waals surface area contributed by atoms with Crippen molar-refractivity contribution in [3.05, 3.63) is 89.2 Å². The summed E-state index contributed by atoms with van der Waals surface area (Å²) in [5.74, 6) is -1.84. The molecule has 2 aromatic carbocycles. The van der Waals surface area contributed by atoms with Gasteiger partial charge in [-0.05, 0) is 60.9 Å². The van der Waals surface area contributed by atoms with Gasteiger partial charge in [-0.3, -0.25) is 14.1 Å². The number of likely N-dealkylation sites (tertiary alicyclic amines) is 1. The Labute approximate surface area is 201 Å². The molecule has 1 aromatic heterocycles. The van der Waals surface area contributed by atoms with Gasteiger partial charge in [0.25, 0.3) is 10.0 Å². The molecule has 0 aliphatic carbocycles.